The predicted molar refractivity (Wildman–Crippen MR) is 80.0 cm³/mol. The Labute approximate surface area is 136 Å². The van der Waals surface area contributed by atoms with Crippen LogP contribution in [0.5, 0.6) is 0 Å². The van der Waals surface area contributed by atoms with Crippen LogP contribution in [0.2, 0.25) is 0 Å². The van der Waals surface area contributed by atoms with Gasteiger partial charge in [0, 0.05) is 5.69 Å². The number of halogens is 3. The Balaban J connectivity index is 2.20. The number of alkyl halides is 3. The zero-order valence-electron chi connectivity index (χ0n) is 12.3. The number of nitrogens with one attached hydrogen (secondary N) is 1. The van der Waals surface area contributed by atoms with Gasteiger partial charge in [0.25, 0.3) is 10.0 Å². The Morgan fingerprint density at radius 2 is 1.54 bits per heavy atom. The Morgan fingerprint density at radius 1 is 1.00 bits per heavy atom. The summed E-state index contributed by atoms with van der Waals surface area (Å²) in [6.45, 7) is 0. The summed E-state index contributed by atoms with van der Waals surface area (Å²) in [6, 6.07) is 8.51. The molecule has 0 atom stereocenters. The van der Waals surface area contributed by atoms with E-state index < -0.39 is 27.7 Å². The van der Waals surface area contributed by atoms with Gasteiger partial charge < -0.3 is 4.74 Å². The first-order valence-electron chi connectivity index (χ1n) is 6.52. The molecule has 0 unspecified atom stereocenters. The van der Waals surface area contributed by atoms with Crippen LogP contribution in [-0.4, -0.2) is 21.5 Å². The van der Waals surface area contributed by atoms with E-state index in [-0.39, 0.29) is 16.1 Å². The van der Waals surface area contributed by atoms with Crippen molar-refractivity contribution >= 4 is 21.7 Å². The molecule has 9 heteroatoms. The highest BCUT2D eigenvalue weighted by molar-refractivity contribution is 7.92. The Hall–Kier alpha value is -2.55. The number of benzene rings is 2. The average Bonchev–Trinajstić information content (AvgIpc) is 2.54. The maximum atomic E-state index is 12.5. The lowest BCUT2D eigenvalue weighted by Crippen LogP contribution is -2.14. The van der Waals surface area contributed by atoms with Gasteiger partial charge in [0.2, 0.25) is 0 Å². The van der Waals surface area contributed by atoms with Crippen molar-refractivity contribution < 1.29 is 31.1 Å². The van der Waals surface area contributed by atoms with Crippen LogP contribution in [0, 0.1) is 0 Å². The highest BCUT2D eigenvalue weighted by Gasteiger charge is 2.30. The lowest BCUT2D eigenvalue weighted by molar-refractivity contribution is -0.137. The lowest BCUT2D eigenvalue weighted by atomic mass is 10.2. The number of esters is 1. The molecule has 5 nitrogen and oxygen atoms in total. The van der Waals surface area contributed by atoms with Gasteiger partial charge in [0.1, 0.15) is 0 Å². The zero-order chi connectivity index (χ0) is 18.0. The minimum atomic E-state index is -4.54. The molecule has 0 bridgehead atoms. The monoisotopic (exact) mass is 359 g/mol. The van der Waals surface area contributed by atoms with Gasteiger partial charge in [-0.05, 0) is 48.5 Å². The van der Waals surface area contributed by atoms with Crippen LogP contribution in [0.3, 0.4) is 0 Å². The largest absolute Gasteiger partial charge is 0.465 e. The molecule has 0 fully saturated rings. The van der Waals surface area contributed by atoms with Crippen molar-refractivity contribution in [3.8, 4) is 0 Å². The summed E-state index contributed by atoms with van der Waals surface area (Å²) in [5.74, 6) is -0.577. The van der Waals surface area contributed by atoms with Crippen molar-refractivity contribution in [1.29, 1.82) is 0 Å². The Morgan fingerprint density at radius 3 is 2.00 bits per heavy atom. The smallest absolute Gasteiger partial charge is 0.416 e. The van der Waals surface area contributed by atoms with Gasteiger partial charge in [-0.2, -0.15) is 13.2 Å². The fraction of sp³-hybridized carbons (Fsp3) is 0.133. The van der Waals surface area contributed by atoms with Gasteiger partial charge in [-0.25, -0.2) is 13.2 Å². The molecule has 2 aromatic rings. The second kappa shape index (κ2) is 6.52. The molecule has 0 heterocycles. The zero-order valence-corrected chi connectivity index (χ0v) is 13.1. The third kappa shape index (κ3) is 4.05. The van der Waals surface area contributed by atoms with Gasteiger partial charge in [-0.3, -0.25) is 4.72 Å². The van der Waals surface area contributed by atoms with Crippen molar-refractivity contribution in [3.63, 3.8) is 0 Å². The highest BCUT2D eigenvalue weighted by Crippen LogP contribution is 2.30. The number of hydrogen-bond acceptors (Lipinski definition) is 4. The van der Waals surface area contributed by atoms with Crippen molar-refractivity contribution in [3.05, 3.63) is 59.7 Å². The van der Waals surface area contributed by atoms with Crippen LogP contribution < -0.4 is 4.72 Å². The molecule has 0 saturated heterocycles. The van der Waals surface area contributed by atoms with E-state index in [1.807, 2.05) is 0 Å². The topological polar surface area (TPSA) is 72.5 Å². The third-order valence-electron chi connectivity index (χ3n) is 3.05. The summed E-state index contributed by atoms with van der Waals surface area (Å²) in [7, 11) is -2.84. The number of carbonyl (C=O) groups is 1. The van der Waals surface area contributed by atoms with E-state index in [4.69, 9.17) is 0 Å². The number of anilines is 1. The Kier molecular flexibility index (Phi) is 4.83. The van der Waals surface area contributed by atoms with Gasteiger partial charge >= 0.3 is 12.1 Å². The lowest BCUT2D eigenvalue weighted by Gasteiger charge is -2.10. The predicted octanol–water partition coefficient (Wildman–Crippen LogP) is 3.29. The van der Waals surface area contributed by atoms with E-state index in [0.717, 1.165) is 12.1 Å². The molecule has 0 aliphatic heterocycles. The molecule has 0 aromatic heterocycles. The van der Waals surface area contributed by atoms with Gasteiger partial charge in [-0.1, -0.05) is 0 Å². The number of sulfonamides is 1. The van der Waals surface area contributed by atoms with E-state index >= 15 is 0 Å². The molecule has 2 aromatic carbocycles. The van der Waals surface area contributed by atoms with Gasteiger partial charge in [0.05, 0.1) is 23.1 Å². The fourth-order valence-corrected chi connectivity index (χ4v) is 2.89. The molecular weight excluding hydrogens is 347 g/mol. The van der Waals surface area contributed by atoms with Crippen molar-refractivity contribution in [2.45, 2.75) is 11.1 Å². The second-order valence-electron chi connectivity index (χ2n) is 4.70. The summed E-state index contributed by atoms with van der Waals surface area (Å²) in [5, 5.41) is 0. The first-order valence-corrected chi connectivity index (χ1v) is 8.00. The minimum Gasteiger partial charge on any atom is -0.465 e. The molecule has 0 amide bonds. The summed E-state index contributed by atoms with van der Waals surface area (Å²) < 4.78 is 68.5. The first kappa shape index (κ1) is 17.8. The summed E-state index contributed by atoms with van der Waals surface area (Å²) in [4.78, 5) is 11.0. The van der Waals surface area contributed by atoms with Crippen molar-refractivity contribution in [2.75, 3.05) is 11.8 Å². The summed E-state index contributed by atoms with van der Waals surface area (Å²) in [6.07, 6.45) is -4.54. The molecule has 0 aliphatic carbocycles. The fourth-order valence-electron chi connectivity index (χ4n) is 1.83. The van der Waals surface area contributed by atoms with Crippen LogP contribution in [-0.2, 0) is 20.9 Å². The number of ether oxygens (including phenoxy) is 1. The quantitative estimate of drug-likeness (QED) is 0.851. The van der Waals surface area contributed by atoms with Gasteiger partial charge in [0.15, 0.2) is 0 Å². The highest BCUT2D eigenvalue weighted by atomic mass is 32.2. The van der Waals surface area contributed by atoms with Gasteiger partial charge in [-0.15, -0.1) is 0 Å². The van der Waals surface area contributed by atoms with E-state index in [1.165, 1.54) is 31.4 Å². The minimum absolute atomic E-state index is 0.155. The molecular formula is C15H12F3NO4S. The SMILES string of the molecule is COC(=O)c1ccc(NS(=O)(=O)c2ccc(C(F)(F)F)cc2)cc1. The van der Waals surface area contributed by atoms with E-state index in [2.05, 4.69) is 9.46 Å². The molecule has 0 spiro atoms. The first-order chi connectivity index (χ1) is 11.1. The third-order valence-corrected chi connectivity index (χ3v) is 4.45. The average molecular weight is 359 g/mol. The van der Waals surface area contributed by atoms with Crippen LogP contribution in [0.15, 0.2) is 53.4 Å². The van der Waals surface area contributed by atoms with Crippen LogP contribution in [0.4, 0.5) is 18.9 Å². The molecule has 1 N–H and O–H groups in total. The molecule has 0 radical (unpaired) electrons. The molecule has 0 aliphatic rings. The Bertz CT molecular complexity index is 829. The maximum Gasteiger partial charge on any atom is 0.416 e. The van der Waals surface area contributed by atoms with E-state index in [1.54, 1.807) is 0 Å². The number of hydrogen-bond donors (Lipinski definition) is 1. The van der Waals surface area contributed by atoms with E-state index in [9.17, 15) is 26.4 Å². The second-order valence-corrected chi connectivity index (χ2v) is 6.38. The van der Waals surface area contributed by atoms with Crippen LogP contribution >= 0.6 is 0 Å². The summed E-state index contributed by atoms with van der Waals surface area (Å²) in [5.41, 5.74) is -0.554. The van der Waals surface area contributed by atoms with E-state index in [0.29, 0.717) is 12.1 Å². The molecule has 0 saturated carbocycles. The molecule has 2 rings (SSSR count). The maximum absolute atomic E-state index is 12.5. The summed E-state index contributed by atoms with van der Waals surface area (Å²) >= 11 is 0. The standard InChI is InChI=1S/C15H12F3NO4S/c1-23-14(20)10-2-6-12(7-3-10)19-24(21,22)13-8-4-11(5-9-13)15(16,17)18/h2-9,19H,1H3. The molecule has 24 heavy (non-hydrogen) atoms. The number of methoxy groups -OCH3 is 1. The van der Waals surface area contributed by atoms with Crippen LogP contribution in [0.25, 0.3) is 0 Å². The van der Waals surface area contributed by atoms with Crippen molar-refractivity contribution in [2.24, 2.45) is 0 Å². The van der Waals surface area contributed by atoms with Crippen molar-refractivity contribution in [1.82, 2.24) is 0 Å². The van der Waals surface area contributed by atoms with Crippen LogP contribution in [0.1, 0.15) is 15.9 Å². The normalized spacial score (nSPS) is 11.8. The molecule has 128 valence electrons. The number of carbonyl (C=O) groups excluding carboxylic acids is 1. The number of rotatable bonds is 4.